The Kier molecular flexibility index (Phi) is 3.55. The molecule has 0 spiro atoms. The molecule has 1 saturated heterocycles. The van der Waals surface area contributed by atoms with Crippen LogP contribution >= 0.6 is 0 Å². The number of benzene rings is 1. The van der Waals surface area contributed by atoms with Crippen LogP contribution in [0.1, 0.15) is 23.2 Å². The number of carboxylic acids is 1. The van der Waals surface area contributed by atoms with Crippen LogP contribution in [0.2, 0.25) is 0 Å². The first kappa shape index (κ1) is 13.8. The highest BCUT2D eigenvalue weighted by Gasteiger charge is 2.36. The molecule has 0 saturated carbocycles. The zero-order valence-electron chi connectivity index (χ0n) is 10.5. The van der Waals surface area contributed by atoms with Crippen molar-refractivity contribution in [1.82, 2.24) is 0 Å². The normalized spacial score (nSPS) is 18.0. The Morgan fingerprint density at radius 3 is 2.70 bits per heavy atom. The Morgan fingerprint density at radius 2 is 2.15 bits per heavy atom. The Bertz CT molecular complexity index is 554. The van der Waals surface area contributed by atoms with Gasteiger partial charge in [0.15, 0.2) is 0 Å². The van der Waals surface area contributed by atoms with E-state index >= 15 is 0 Å². The number of anilines is 1. The summed E-state index contributed by atoms with van der Waals surface area (Å²) in [6.45, 7) is 0.360. The summed E-state index contributed by atoms with van der Waals surface area (Å²) >= 11 is 0. The Balaban J connectivity index is 2.61. The Morgan fingerprint density at radius 1 is 1.45 bits per heavy atom. The minimum atomic E-state index is -1.28. The lowest BCUT2D eigenvalue weighted by molar-refractivity contribution is -0.384. The fourth-order valence-electron chi connectivity index (χ4n) is 2.48. The standard InChI is InChI=1S/C12H13N3O5/c13-11(16)9-5-2-6-14(9)10-7(12(17)18)3-1-4-8(10)15(19)20/h1,3-4,9H,2,5-6H2,(H2,13,16)(H,17,18). The molecule has 1 aromatic rings. The molecule has 1 unspecified atom stereocenters. The third-order valence-electron chi connectivity index (χ3n) is 3.31. The van der Waals surface area contributed by atoms with Crippen LogP contribution in [-0.2, 0) is 4.79 Å². The molecule has 1 atom stereocenters. The number of nitrogens with zero attached hydrogens (tertiary/aromatic N) is 2. The van der Waals surface area contributed by atoms with Crippen molar-refractivity contribution in [1.29, 1.82) is 0 Å². The van der Waals surface area contributed by atoms with Crippen molar-refractivity contribution in [2.75, 3.05) is 11.4 Å². The van der Waals surface area contributed by atoms with Crippen LogP contribution < -0.4 is 10.6 Å². The summed E-state index contributed by atoms with van der Waals surface area (Å²) in [5.41, 5.74) is 4.69. The van der Waals surface area contributed by atoms with Crippen LogP contribution in [0.3, 0.4) is 0 Å². The summed E-state index contributed by atoms with van der Waals surface area (Å²) in [6.07, 6.45) is 1.08. The first-order valence-electron chi connectivity index (χ1n) is 6.00. The topological polar surface area (TPSA) is 127 Å². The van der Waals surface area contributed by atoms with Gasteiger partial charge in [0.25, 0.3) is 5.69 Å². The number of nitro groups is 1. The molecule has 0 radical (unpaired) electrons. The van der Waals surface area contributed by atoms with Gasteiger partial charge < -0.3 is 15.7 Å². The number of aromatic carboxylic acids is 1. The lowest BCUT2D eigenvalue weighted by Gasteiger charge is -2.25. The van der Waals surface area contributed by atoms with Crippen molar-refractivity contribution in [2.24, 2.45) is 5.73 Å². The third-order valence-corrected chi connectivity index (χ3v) is 3.31. The molecular weight excluding hydrogens is 266 g/mol. The van der Waals surface area contributed by atoms with Crippen LogP contribution in [0, 0.1) is 10.1 Å². The molecule has 8 nitrogen and oxygen atoms in total. The lowest BCUT2D eigenvalue weighted by Crippen LogP contribution is -2.41. The molecule has 0 aromatic heterocycles. The van der Waals surface area contributed by atoms with Gasteiger partial charge in [-0.25, -0.2) is 4.79 Å². The van der Waals surface area contributed by atoms with Gasteiger partial charge in [0.05, 0.1) is 10.5 Å². The van der Waals surface area contributed by atoms with Crippen LogP contribution in [0.5, 0.6) is 0 Å². The molecule has 0 bridgehead atoms. The van der Waals surface area contributed by atoms with E-state index in [1.165, 1.54) is 23.1 Å². The van der Waals surface area contributed by atoms with E-state index < -0.39 is 22.8 Å². The van der Waals surface area contributed by atoms with Crippen molar-refractivity contribution in [3.05, 3.63) is 33.9 Å². The van der Waals surface area contributed by atoms with Gasteiger partial charge in [-0.3, -0.25) is 14.9 Å². The number of nitrogens with two attached hydrogens (primary N) is 1. The van der Waals surface area contributed by atoms with Gasteiger partial charge in [0.1, 0.15) is 11.7 Å². The van der Waals surface area contributed by atoms with E-state index in [-0.39, 0.29) is 16.9 Å². The SMILES string of the molecule is NC(=O)C1CCCN1c1c(C(=O)O)cccc1[N+](=O)[O-]. The van der Waals surface area contributed by atoms with Gasteiger partial charge in [-0.05, 0) is 18.9 Å². The van der Waals surface area contributed by atoms with Crippen LogP contribution in [0.25, 0.3) is 0 Å². The minimum Gasteiger partial charge on any atom is -0.478 e. The zero-order chi connectivity index (χ0) is 14.9. The first-order chi connectivity index (χ1) is 9.43. The second-order valence-corrected chi connectivity index (χ2v) is 4.49. The molecule has 8 heteroatoms. The van der Waals surface area contributed by atoms with Gasteiger partial charge in [-0.1, -0.05) is 6.07 Å². The zero-order valence-corrected chi connectivity index (χ0v) is 10.5. The number of hydrogen-bond acceptors (Lipinski definition) is 5. The second kappa shape index (κ2) is 5.16. The molecular formula is C12H13N3O5. The molecule has 1 aliphatic rings. The van der Waals surface area contributed by atoms with Crippen LogP contribution in [0.4, 0.5) is 11.4 Å². The summed E-state index contributed by atoms with van der Waals surface area (Å²) < 4.78 is 0. The Labute approximate surface area is 113 Å². The predicted octanol–water partition coefficient (Wildman–Crippen LogP) is 0.747. The highest BCUT2D eigenvalue weighted by molar-refractivity contribution is 5.98. The molecule has 0 aliphatic carbocycles. The summed E-state index contributed by atoms with van der Waals surface area (Å²) in [7, 11) is 0. The van der Waals surface area contributed by atoms with Crippen molar-refractivity contribution in [2.45, 2.75) is 18.9 Å². The molecule has 1 aliphatic heterocycles. The highest BCUT2D eigenvalue weighted by atomic mass is 16.6. The molecule has 20 heavy (non-hydrogen) atoms. The average Bonchev–Trinajstić information content (AvgIpc) is 2.86. The van der Waals surface area contributed by atoms with Crippen molar-refractivity contribution < 1.29 is 19.6 Å². The maximum atomic E-state index is 11.4. The van der Waals surface area contributed by atoms with Crippen molar-refractivity contribution >= 4 is 23.3 Å². The summed E-state index contributed by atoms with van der Waals surface area (Å²) in [4.78, 5) is 34.5. The van der Waals surface area contributed by atoms with Crippen molar-refractivity contribution in [3.63, 3.8) is 0 Å². The average molecular weight is 279 g/mol. The van der Waals surface area contributed by atoms with E-state index in [0.717, 1.165) is 0 Å². The summed E-state index contributed by atoms with van der Waals surface area (Å²) in [5.74, 6) is -1.89. The number of carbonyl (C=O) groups excluding carboxylic acids is 1. The lowest BCUT2D eigenvalue weighted by atomic mass is 10.1. The molecule has 1 amide bonds. The fourth-order valence-corrected chi connectivity index (χ4v) is 2.48. The number of rotatable bonds is 4. The molecule has 3 N–H and O–H groups in total. The van der Waals surface area contributed by atoms with Gasteiger partial charge in [-0.2, -0.15) is 0 Å². The van der Waals surface area contributed by atoms with Crippen LogP contribution in [-0.4, -0.2) is 34.5 Å². The number of primary amides is 1. The van der Waals surface area contributed by atoms with E-state index in [1.807, 2.05) is 0 Å². The number of amides is 1. The quantitative estimate of drug-likeness (QED) is 0.618. The van der Waals surface area contributed by atoms with Gasteiger partial charge in [-0.15, -0.1) is 0 Å². The first-order valence-corrected chi connectivity index (χ1v) is 6.00. The molecule has 1 aromatic carbocycles. The largest absolute Gasteiger partial charge is 0.478 e. The van der Waals surface area contributed by atoms with Crippen molar-refractivity contribution in [3.8, 4) is 0 Å². The molecule has 106 valence electrons. The number of carboxylic acid groups (broad SMARTS) is 1. The maximum absolute atomic E-state index is 11.4. The predicted molar refractivity (Wildman–Crippen MR) is 69.6 cm³/mol. The second-order valence-electron chi connectivity index (χ2n) is 4.49. The van der Waals surface area contributed by atoms with Gasteiger partial charge >= 0.3 is 5.97 Å². The maximum Gasteiger partial charge on any atom is 0.338 e. The fraction of sp³-hybridized carbons (Fsp3) is 0.333. The summed E-state index contributed by atoms with van der Waals surface area (Å²) in [6, 6.07) is 3.09. The van der Waals surface area contributed by atoms with Crippen LogP contribution in [0.15, 0.2) is 18.2 Å². The summed E-state index contributed by atoms with van der Waals surface area (Å²) in [5, 5.41) is 20.3. The molecule has 1 heterocycles. The Hall–Kier alpha value is -2.64. The highest BCUT2D eigenvalue weighted by Crippen LogP contribution is 2.36. The third kappa shape index (κ3) is 2.27. The van der Waals surface area contributed by atoms with E-state index in [0.29, 0.717) is 19.4 Å². The number of carbonyl (C=O) groups is 2. The number of para-hydroxylation sites is 1. The minimum absolute atomic E-state index is 0.0497. The van der Waals surface area contributed by atoms with E-state index in [4.69, 9.17) is 5.73 Å². The van der Waals surface area contributed by atoms with E-state index in [9.17, 15) is 24.8 Å². The van der Waals surface area contributed by atoms with Gasteiger partial charge in [0.2, 0.25) is 5.91 Å². The monoisotopic (exact) mass is 279 g/mol. The molecule has 2 rings (SSSR count). The van der Waals surface area contributed by atoms with E-state index in [2.05, 4.69) is 0 Å². The van der Waals surface area contributed by atoms with Gasteiger partial charge in [0, 0.05) is 12.6 Å². The smallest absolute Gasteiger partial charge is 0.338 e. The number of hydrogen-bond donors (Lipinski definition) is 2. The molecule has 1 fully saturated rings. The number of nitro benzene ring substituents is 1. The van der Waals surface area contributed by atoms with E-state index in [1.54, 1.807) is 0 Å².